The fourth-order valence-electron chi connectivity index (χ4n) is 2.83. The Morgan fingerprint density at radius 2 is 2.26 bits per heavy atom. The maximum atomic E-state index is 12.8. The zero-order valence-electron chi connectivity index (χ0n) is 14.8. The fourth-order valence-corrected chi connectivity index (χ4v) is 4.01. The number of hydrogen-bond acceptors (Lipinski definition) is 5. The largest absolute Gasteiger partial charge is 0.491 e. The third-order valence-electron chi connectivity index (χ3n) is 4.30. The Labute approximate surface area is 156 Å². The Hall–Kier alpha value is -2.04. The van der Waals surface area contributed by atoms with Crippen LogP contribution < -0.4 is 9.46 Å². The molecule has 3 rings (SSSR count). The third kappa shape index (κ3) is 4.82. The van der Waals surface area contributed by atoms with Gasteiger partial charge in [0.15, 0.2) is 0 Å². The van der Waals surface area contributed by atoms with E-state index < -0.39 is 16.6 Å². The summed E-state index contributed by atoms with van der Waals surface area (Å²) in [6.07, 6.45) is 2.99. The Kier molecular flexibility index (Phi) is 6.08. The van der Waals surface area contributed by atoms with Crippen molar-refractivity contribution < 1.29 is 26.7 Å². The van der Waals surface area contributed by atoms with Crippen LogP contribution in [0.4, 0.5) is 8.78 Å². The van der Waals surface area contributed by atoms with Gasteiger partial charge in [0.25, 0.3) is 0 Å². The molecule has 2 heterocycles. The molecule has 2 aromatic rings. The third-order valence-corrected chi connectivity index (χ3v) is 5.80. The smallest absolute Gasteiger partial charge is 0.333 e. The van der Waals surface area contributed by atoms with Gasteiger partial charge in [0.05, 0.1) is 18.0 Å². The number of nitrogens with one attached hydrogen (secondary N) is 1. The summed E-state index contributed by atoms with van der Waals surface area (Å²) >= 11 is 0. The summed E-state index contributed by atoms with van der Waals surface area (Å²) in [7, 11) is -3.97. The lowest BCUT2D eigenvalue weighted by Crippen LogP contribution is -2.24. The van der Waals surface area contributed by atoms with Crippen LogP contribution in [0.25, 0.3) is 0 Å². The van der Waals surface area contributed by atoms with Gasteiger partial charge in [0, 0.05) is 13.2 Å². The van der Waals surface area contributed by atoms with Crippen LogP contribution in [0.1, 0.15) is 30.6 Å². The van der Waals surface area contributed by atoms with Crippen LogP contribution in [0.15, 0.2) is 35.4 Å². The molecule has 1 aliphatic heterocycles. The van der Waals surface area contributed by atoms with E-state index in [2.05, 4.69) is 9.82 Å². The number of ether oxygens (including phenoxy) is 2. The maximum Gasteiger partial charge on any atom is 0.333 e. The molecule has 148 valence electrons. The Bertz CT molecular complexity index is 880. The van der Waals surface area contributed by atoms with E-state index in [9.17, 15) is 17.2 Å². The molecule has 0 spiro atoms. The van der Waals surface area contributed by atoms with Crippen molar-refractivity contribution in [3.63, 3.8) is 0 Å². The second kappa shape index (κ2) is 8.32. The molecule has 0 aliphatic carbocycles. The summed E-state index contributed by atoms with van der Waals surface area (Å²) in [6.45, 7) is -0.420. The van der Waals surface area contributed by atoms with Gasteiger partial charge in [-0.3, -0.25) is 0 Å². The van der Waals surface area contributed by atoms with Gasteiger partial charge in [-0.2, -0.15) is 13.9 Å². The zero-order valence-corrected chi connectivity index (χ0v) is 15.6. The number of rotatable bonds is 8. The molecule has 1 saturated heterocycles. The molecule has 0 bridgehead atoms. The summed E-state index contributed by atoms with van der Waals surface area (Å²) in [5, 5.41) is 3.43. The number of halogens is 2. The molecular weight excluding hydrogens is 380 g/mol. The molecule has 1 fully saturated rings. The minimum atomic E-state index is -3.97. The SMILES string of the molecule is Cc1c(S(=O)(=O)NCc2cccc(OC[C@H]3CCCO3)c2)cnn1C(F)F. The fraction of sp³-hybridized carbons (Fsp3) is 0.471. The van der Waals surface area contributed by atoms with Crippen molar-refractivity contribution in [2.75, 3.05) is 13.2 Å². The second-order valence-corrected chi connectivity index (χ2v) is 7.97. The molecule has 1 N–H and O–H groups in total. The van der Waals surface area contributed by atoms with E-state index in [1.807, 2.05) is 0 Å². The molecule has 1 aromatic heterocycles. The van der Waals surface area contributed by atoms with Gasteiger partial charge < -0.3 is 9.47 Å². The van der Waals surface area contributed by atoms with Crippen LogP contribution in [-0.4, -0.2) is 37.5 Å². The van der Waals surface area contributed by atoms with E-state index in [0.29, 0.717) is 22.6 Å². The maximum absolute atomic E-state index is 12.8. The lowest BCUT2D eigenvalue weighted by atomic mass is 10.2. The Morgan fingerprint density at radius 3 is 2.93 bits per heavy atom. The van der Waals surface area contributed by atoms with Gasteiger partial charge in [-0.25, -0.2) is 17.8 Å². The number of sulfonamides is 1. The minimum Gasteiger partial charge on any atom is -0.491 e. The molecule has 7 nitrogen and oxygen atoms in total. The van der Waals surface area contributed by atoms with Gasteiger partial charge in [-0.15, -0.1) is 0 Å². The van der Waals surface area contributed by atoms with Crippen LogP contribution in [0.3, 0.4) is 0 Å². The molecule has 10 heteroatoms. The second-order valence-electron chi connectivity index (χ2n) is 6.23. The zero-order chi connectivity index (χ0) is 19.4. The van der Waals surface area contributed by atoms with Crippen LogP contribution in [-0.2, 0) is 21.3 Å². The molecule has 27 heavy (non-hydrogen) atoms. The predicted octanol–water partition coefficient (Wildman–Crippen LogP) is 2.62. The first-order valence-electron chi connectivity index (χ1n) is 8.52. The average Bonchev–Trinajstić information content (AvgIpc) is 3.28. The average molecular weight is 401 g/mol. The first-order chi connectivity index (χ1) is 12.9. The van der Waals surface area contributed by atoms with Crippen LogP contribution in [0, 0.1) is 6.92 Å². The first-order valence-corrected chi connectivity index (χ1v) is 10.0. The van der Waals surface area contributed by atoms with Crippen molar-refractivity contribution in [1.82, 2.24) is 14.5 Å². The Morgan fingerprint density at radius 1 is 1.44 bits per heavy atom. The molecule has 0 amide bonds. The van der Waals surface area contributed by atoms with E-state index in [4.69, 9.17) is 9.47 Å². The number of hydrogen-bond donors (Lipinski definition) is 1. The number of nitrogens with zero attached hydrogens (tertiary/aromatic N) is 2. The molecule has 0 unspecified atom stereocenters. The molecule has 1 aromatic carbocycles. The predicted molar refractivity (Wildman–Crippen MR) is 93.2 cm³/mol. The van der Waals surface area contributed by atoms with Gasteiger partial charge in [-0.05, 0) is 37.5 Å². The van der Waals surface area contributed by atoms with Crippen molar-refractivity contribution in [1.29, 1.82) is 0 Å². The van der Waals surface area contributed by atoms with E-state index in [0.717, 1.165) is 25.6 Å². The molecule has 0 radical (unpaired) electrons. The van der Waals surface area contributed by atoms with E-state index >= 15 is 0 Å². The highest BCUT2D eigenvalue weighted by molar-refractivity contribution is 7.89. The van der Waals surface area contributed by atoms with Crippen molar-refractivity contribution in [2.24, 2.45) is 0 Å². The van der Waals surface area contributed by atoms with Crippen molar-refractivity contribution in [2.45, 2.75) is 43.9 Å². The molecular formula is C17H21F2N3O4S. The quantitative estimate of drug-likeness (QED) is 0.735. The number of alkyl halides is 2. The Balaban J connectivity index is 1.62. The molecule has 1 aliphatic rings. The molecule has 0 saturated carbocycles. The highest BCUT2D eigenvalue weighted by Crippen LogP contribution is 2.21. The number of aromatic nitrogens is 2. The van der Waals surface area contributed by atoms with Crippen LogP contribution in [0.2, 0.25) is 0 Å². The molecule has 1 atom stereocenters. The van der Waals surface area contributed by atoms with Crippen molar-refractivity contribution in [3.8, 4) is 5.75 Å². The monoisotopic (exact) mass is 401 g/mol. The summed E-state index contributed by atoms with van der Waals surface area (Å²) < 4.78 is 64.3. The topological polar surface area (TPSA) is 82.5 Å². The highest BCUT2D eigenvalue weighted by Gasteiger charge is 2.23. The summed E-state index contributed by atoms with van der Waals surface area (Å²) in [5.41, 5.74) is 0.563. The van der Waals surface area contributed by atoms with Gasteiger partial charge >= 0.3 is 6.55 Å². The van der Waals surface area contributed by atoms with Crippen LogP contribution in [0.5, 0.6) is 5.75 Å². The highest BCUT2D eigenvalue weighted by atomic mass is 32.2. The van der Waals surface area contributed by atoms with Crippen LogP contribution >= 0.6 is 0 Å². The summed E-state index contributed by atoms with van der Waals surface area (Å²) in [5.74, 6) is 0.615. The summed E-state index contributed by atoms with van der Waals surface area (Å²) in [4.78, 5) is -0.270. The standard InChI is InChI=1S/C17H21F2N3O4S/c1-12-16(10-20-22(12)17(18)19)27(23,24)21-9-13-4-2-5-14(8-13)26-11-15-6-3-7-25-15/h2,4-5,8,10,15,17,21H,3,6-7,9,11H2,1H3/t15-/m1/s1. The van der Waals surface area contributed by atoms with Crippen molar-refractivity contribution >= 4 is 10.0 Å². The van der Waals surface area contributed by atoms with Gasteiger partial charge in [0.1, 0.15) is 17.3 Å². The number of benzene rings is 1. The lowest BCUT2D eigenvalue weighted by molar-refractivity contribution is 0.0541. The summed E-state index contributed by atoms with van der Waals surface area (Å²) in [6, 6.07) is 7.02. The minimum absolute atomic E-state index is 0.00123. The first kappa shape index (κ1) is 19.7. The van der Waals surface area contributed by atoms with E-state index in [1.54, 1.807) is 24.3 Å². The lowest BCUT2D eigenvalue weighted by Gasteiger charge is -2.12. The van der Waals surface area contributed by atoms with E-state index in [-0.39, 0.29) is 23.2 Å². The van der Waals surface area contributed by atoms with Gasteiger partial charge in [-0.1, -0.05) is 12.1 Å². The van der Waals surface area contributed by atoms with Gasteiger partial charge in [0.2, 0.25) is 10.0 Å². The normalized spacial score (nSPS) is 17.6. The van der Waals surface area contributed by atoms with E-state index in [1.165, 1.54) is 6.92 Å². The van der Waals surface area contributed by atoms with Crippen molar-refractivity contribution in [3.05, 3.63) is 41.7 Å².